The van der Waals surface area contributed by atoms with Crippen LogP contribution in [0.15, 0.2) is 30.3 Å². The molecule has 1 amide bonds. The highest BCUT2D eigenvalue weighted by Crippen LogP contribution is 2.20. The lowest BCUT2D eigenvalue weighted by atomic mass is 10.1. The first-order chi connectivity index (χ1) is 7.29. The van der Waals surface area contributed by atoms with Crippen molar-refractivity contribution in [1.29, 1.82) is 0 Å². The summed E-state index contributed by atoms with van der Waals surface area (Å²) >= 11 is 4.24. The third kappa shape index (κ3) is 2.53. The van der Waals surface area contributed by atoms with Gasteiger partial charge in [-0.3, -0.25) is 4.79 Å². The Morgan fingerprint density at radius 1 is 1.33 bits per heavy atom. The zero-order chi connectivity index (χ0) is 10.7. The number of rotatable bonds is 3. The van der Waals surface area contributed by atoms with E-state index in [1.54, 1.807) is 0 Å². The molecular weight excluding hydrogens is 206 g/mol. The largest absolute Gasteiger partial charge is 0.338 e. The van der Waals surface area contributed by atoms with Crippen LogP contribution in [0.1, 0.15) is 12.0 Å². The summed E-state index contributed by atoms with van der Waals surface area (Å²) in [5.41, 5.74) is 1.20. The molecule has 1 aliphatic rings. The third-order valence-corrected chi connectivity index (χ3v) is 3.29. The maximum absolute atomic E-state index is 11.6. The van der Waals surface area contributed by atoms with Crippen molar-refractivity contribution in [2.75, 3.05) is 12.3 Å². The highest BCUT2D eigenvalue weighted by atomic mass is 32.1. The molecule has 2 nitrogen and oxygen atoms in total. The van der Waals surface area contributed by atoms with E-state index in [2.05, 4.69) is 24.8 Å². The van der Waals surface area contributed by atoms with Gasteiger partial charge >= 0.3 is 0 Å². The first kappa shape index (κ1) is 10.6. The molecule has 1 fully saturated rings. The number of carbonyl (C=O) groups excluding carboxylic acids is 1. The second kappa shape index (κ2) is 4.71. The molecule has 0 saturated carbocycles. The number of amides is 1. The van der Waals surface area contributed by atoms with Crippen LogP contribution < -0.4 is 0 Å². The first-order valence-electron chi connectivity index (χ1n) is 5.22. The van der Waals surface area contributed by atoms with E-state index >= 15 is 0 Å². The number of hydrogen-bond donors (Lipinski definition) is 1. The molecule has 0 bridgehead atoms. The van der Waals surface area contributed by atoms with E-state index in [0.29, 0.717) is 12.3 Å². The lowest BCUT2D eigenvalue weighted by molar-refractivity contribution is -0.128. The summed E-state index contributed by atoms with van der Waals surface area (Å²) < 4.78 is 0. The van der Waals surface area contributed by atoms with Gasteiger partial charge in [-0.2, -0.15) is 12.6 Å². The van der Waals surface area contributed by atoms with Gasteiger partial charge in [-0.25, -0.2) is 0 Å². The Morgan fingerprint density at radius 3 is 2.67 bits per heavy atom. The van der Waals surface area contributed by atoms with E-state index in [9.17, 15) is 4.79 Å². The quantitative estimate of drug-likeness (QED) is 0.774. The number of benzene rings is 1. The molecule has 1 heterocycles. The van der Waals surface area contributed by atoms with Crippen molar-refractivity contribution in [2.24, 2.45) is 5.92 Å². The van der Waals surface area contributed by atoms with Gasteiger partial charge in [0.2, 0.25) is 5.91 Å². The highest BCUT2D eigenvalue weighted by Gasteiger charge is 2.28. The summed E-state index contributed by atoms with van der Waals surface area (Å²) in [6, 6.07) is 10.1. The van der Waals surface area contributed by atoms with Crippen molar-refractivity contribution in [3.8, 4) is 0 Å². The fourth-order valence-corrected chi connectivity index (χ4v) is 2.18. The van der Waals surface area contributed by atoms with E-state index < -0.39 is 0 Å². The molecule has 1 aliphatic heterocycles. The Morgan fingerprint density at radius 2 is 2.07 bits per heavy atom. The number of likely N-dealkylation sites (tertiary alicyclic amines) is 1. The Kier molecular flexibility index (Phi) is 3.31. The Bertz CT molecular complexity index is 339. The molecule has 0 spiro atoms. The summed E-state index contributed by atoms with van der Waals surface area (Å²) in [7, 11) is 0. The van der Waals surface area contributed by atoms with Gasteiger partial charge in [0.15, 0.2) is 0 Å². The van der Waals surface area contributed by atoms with Gasteiger partial charge in [0.05, 0.1) is 0 Å². The van der Waals surface area contributed by atoms with Crippen LogP contribution in [0.25, 0.3) is 0 Å². The summed E-state index contributed by atoms with van der Waals surface area (Å²) in [4.78, 5) is 13.6. The molecule has 0 aliphatic carbocycles. The number of nitrogens with zero attached hydrogens (tertiary/aromatic N) is 1. The number of carbonyl (C=O) groups is 1. The van der Waals surface area contributed by atoms with Gasteiger partial charge in [0, 0.05) is 19.5 Å². The zero-order valence-electron chi connectivity index (χ0n) is 8.60. The van der Waals surface area contributed by atoms with E-state index in [-0.39, 0.29) is 5.91 Å². The normalized spacial score (nSPS) is 21.0. The van der Waals surface area contributed by atoms with E-state index in [1.165, 1.54) is 5.56 Å². The van der Waals surface area contributed by atoms with Crippen molar-refractivity contribution in [2.45, 2.75) is 13.0 Å². The molecular formula is C12H15NOS. The average molecular weight is 221 g/mol. The van der Waals surface area contributed by atoms with Crippen LogP contribution in [0.5, 0.6) is 0 Å². The monoisotopic (exact) mass is 221 g/mol. The summed E-state index contributed by atoms with van der Waals surface area (Å²) in [5.74, 6) is 1.50. The van der Waals surface area contributed by atoms with Gasteiger partial charge < -0.3 is 4.90 Å². The molecule has 2 rings (SSSR count). The predicted octanol–water partition coefficient (Wildman–Crippen LogP) is 1.96. The number of hydrogen-bond acceptors (Lipinski definition) is 2. The predicted molar refractivity (Wildman–Crippen MR) is 63.8 cm³/mol. The van der Waals surface area contributed by atoms with Crippen LogP contribution in [0.4, 0.5) is 0 Å². The minimum absolute atomic E-state index is 0.262. The maximum Gasteiger partial charge on any atom is 0.223 e. The SMILES string of the molecule is O=C1CC(CS)CN1Cc1ccccc1. The molecule has 1 saturated heterocycles. The molecule has 1 unspecified atom stereocenters. The molecule has 1 atom stereocenters. The Hall–Kier alpha value is -0.960. The summed E-state index contributed by atoms with van der Waals surface area (Å²) in [5, 5.41) is 0. The second-order valence-electron chi connectivity index (χ2n) is 4.01. The minimum atomic E-state index is 0.262. The lowest BCUT2D eigenvalue weighted by Gasteiger charge is -2.16. The molecule has 80 valence electrons. The molecule has 3 heteroatoms. The number of thiol groups is 1. The molecule has 0 N–H and O–H groups in total. The molecule has 1 aromatic carbocycles. The van der Waals surface area contributed by atoms with E-state index in [1.807, 2.05) is 23.1 Å². The average Bonchev–Trinajstić information content (AvgIpc) is 2.61. The Balaban J connectivity index is 1.99. The van der Waals surface area contributed by atoms with Gasteiger partial charge in [-0.1, -0.05) is 30.3 Å². The molecule has 0 radical (unpaired) electrons. The first-order valence-corrected chi connectivity index (χ1v) is 5.85. The van der Waals surface area contributed by atoms with Crippen molar-refractivity contribution in [1.82, 2.24) is 4.90 Å². The third-order valence-electron chi connectivity index (χ3n) is 2.77. The molecule has 0 aromatic heterocycles. The highest BCUT2D eigenvalue weighted by molar-refractivity contribution is 7.80. The van der Waals surface area contributed by atoms with Gasteiger partial charge in [0.25, 0.3) is 0 Å². The molecule has 15 heavy (non-hydrogen) atoms. The van der Waals surface area contributed by atoms with Crippen LogP contribution in [0.3, 0.4) is 0 Å². The fourth-order valence-electron chi connectivity index (χ4n) is 1.93. The van der Waals surface area contributed by atoms with Gasteiger partial charge in [0.1, 0.15) is 0 Å². The maximum atomic E-state index is 11.6. The van der Waals surface area contributed by atoms with Crippen molar-refractivity contribution in [3.63, 3.8) is 0 Å². The van der Waals surface area contributed by atoms with E-state index in [0.717, 1.165) is 18.8 Å². The van der Waals surface area contributed by atoms with Crippen molar-refractivity contribution in [3.05, 3.63) is 35.9 Å². The van der Waals surface area contributed by atoms with Gasteiger partial charge in [-0.05, 0) is 17.2 Å². The van der Waals surface area contributed by atoms with Crippen molar-refractivity contribution < 1.29 is 4.79 Å². The van der Waals surface area contributed by atoms with Crippen LogP contribution >= 0.6 is 12.6 Å². The van der Waals surface area contributed by atoms with Crippen LogP contribution in [0.2, 0.25) is 0 Å². The van der Waals surface area contributed by atoms with E-state index in [4.69, 9.17) is 0 Å². The smallest absolute Gasteiger partial charge is 0.223 e. The topological polar surface area (TPSA) is 20.3 Å². The summed E-state index contributed by atoms with van der Waals surface area (Å²) in [6.45, 7) is 1.60. The second-order valence-corrected chi connectivity index (χ2v) is 4.38. The van der Waals surface area contributed by atoms with Crippen LogP contribution in [-0.4, -0.2) is 23.1 Å². The Labute approximate surface area is 95.7 Å². The summed E-state index contributed by atoms with van der Waals surface area (Å²) in [6.07, 6.45) is 0.663. The minimum Gasteiger partial charge on any atom is -0.338 e. The lowest BCUT2D eigenvalue weighted by Crippen LogP contribution is -2.24. The van der Waals surface area contributed by atoms with Gasteiger partial charge in [-0.15, -0.1) is 0 Å². The standard InChI is InChI=1S/C12H15NOS/c14-12-6-11(9-15)8-13(12)7-10-4-2-1-3-5-10/h1-5,11,15H,6-9H2. The van der Waals surface area contributed by atoms with Crippen molar-refractivity contribution >= 4 is 18.5 Å². The zero-order valence-corrected chi connectivity index (χ0v) is 9.49. The fraction of sp³-hybridized carbons (Fsp3) is 0.417. The van der Waals surface area contributed by atoms with Crippen LogP contribution in [-0.2, 0) is 11.3 Å². The molecule has 1 aromatic rings. The van der Waals surface area contributed by atoms with Crippen LogP contribution in [0, 0.1) is 5.92 Å².